The van der Waals surface area contributed by atoms with E-state index in [4.69, 9.17) is 4.74 Å². The number of hydrogen-bond donors (Lipinski definition) is 1. The topological polar surface area (TPSA) is 21.3 Å². The van der Waals surface area contributed by atoms with Crippen molar-refractivity contribution in [3.8, 4) is 5.75 Å². The summed E-state index contributed by atoms with van der Waals surface area (Å²) in [4.78, 5) is 0. The van der Waals surface area contributed by atoms with Gasteiger partial charge in [0.2, 0.25) is 0 Å². The monoisotopic (exact) mass is 191 g/mol. The summed E-state index contributed by atoms with van der Waals surface area (Å²) in [5, 5.41) is 3.14. The third-order valence-electron chi connectivity index (χ3n) is 2.65. The van der Waals surface area contributed by atoms with Gasteiger partial charge in [-0.3, -0.25) is 0 Å². The van der Waals surface area contributed by atoms with Crippen LogP contribution in [-0.2, 0) is 0 Å². The summed E-state index contributed by atoms with van der Waals surface area (Å²) in [5.41, 5.74) is 2.41. The Kier molecular flexibility index (Phi) is 2.62. The second-order valence-electron chi connectivity index (χ2n) is 3.98. The lowest BCUT2D eigenvalue weighted by Gasteiger charge is -2.09. The molecule has 2 nitrogen and oxygen atoms in total. The van der Waals surface area contributed by atoms with Gasteiger partial charge < -0.3 is 10.1 Å². The van der Waals surface area contributed by atoms with Crippen molar-refractivity contribution in [3.05, 3.63) is 23.8 Å². The van der Waals surface area contributed by atoms with Crippen molar-refractivity contribution >= 4 is 5.69 Å². The van der Waals surface area contributed by atoms with Gasteiger partial charge in [-0.05, 0) is 49.4 Å². The Balaban J connectivity index is 1.99. The quantitative estimate of drug-likeness (QED) is 0.790. The maximum atomic E-state index is 5.68. The minimum atomic E-state index is 0.819. The van der Waals surface area contributed by atoms with Crippen molar-refractivity contribution in [2.45, 2.75) is 19.8 Å². The van der Waals surface area contributed by atoms with Gasteiger partial charge in [0.25, 0.3) is 0 Å². The third kappa shape index (κ3) is 2.19. The molecule has 1 aliphatic rings. The van der Waals surface area contributed by atoms with E-state index < -0.39 is 0 Å². The predicted octanol–water partition coefficient (Wildman–Crippen LogP) is 2.83. The highest BCUT2D eigenvalue weighted by Crippen LogP contribution is 2.30. The summed E-state index contributed by atoms with van der Waals surface area (Å²) < 4.78 is 5.68. The lowest BCUT2D eigenvalue weighted by molar-refractivity contribution is 0.299. The SMILES string of the molecule is CNc1ccc(OCC2CC2)cc1C. The second kappa shape index (κ2) is 3.91. The predicted molar refractivity (Wildman–Crippen MR) is 58.9 cm³/mol. The van der Waals surface area contributed by atoms with E-state index in [1.54, 1.807) is 0 Å². The molecule has 0 radical (unpaired) electrons. The van der Waals surface area contributed by atoms with Crippen LogP contribution >= 0.6 is 0 Å². The normalized spacial score (nSPS) is 15.3. The summed E-state index contributed by atoms with van der Waals surface area (Å²) in [6.45, 7) is 2.98. The average molecular weight is 191 g/mol. The molecule has 1 saturated carbocycles. The number of benzene rings is 1. The molecule has 1 aromatic rings. The van der Waals surface area contributed by atoms with Crippen LogP contribution in [0.1, 0.15) is 18.4 Å². The third-order valence-corrected chi connectivity index (χ3v) is 2.65. The molecule has 0 saturated heterocycles. The molecular formula is C12H17NO. The molecule has 0 aliphatic heterocycles. The summed E-state index contributed by atoms with van der Waals surface area (Å²) in [7, 11) is 1.94. The molecule has 1 aliphatic carbocycles. The molecule has 1 fully saturated rings. The number of aryl methyl sites for hydroxylation is 1. The highest BCUT2D eigenvalue weighted by molar-refractivity contribution is 5.53. The van der Waals surface area contributed by atoms with Crippen LogP contribution in [0.3, 0.4) is 0 Å². The van der Waals surface area contributed by atoms with E-state index in [-0.39, 0.29) is 0 Å². The molecule has 1 aromatic carbocycles. The first-order valence-corrected chi connectivity index (χ1v) is 5.21. The zero-order chi connectivity index (χ0) is 9.97. The molecule has 0 atom stereocenters. The molecule has 0 spiro atoms. The Bertz CT molecular complexity index is 318. The second-order valence-corrected chi connectivity index (χ2v) is 3.98. The summed E-state index contributed by atoms with van der Waals surface area (Å²) >= 11 is 0. The van der Waals surface area contributed by atoms with E-state index in [0.29, 0.717) is 0 Å². The molecule has 0 unspecified atom stereocenters. The van der Waals surface area contributed by atoms with Gasteiger partial charge in [0.15, 0.2) is 0 Å². The molecule has 0 heterocycles. The Morgan fingerprint density at radius 1 is 1.43 bits per heavy atom. The van der Waals surface area contributed by atoms with Crippen LogP contribution in [-0.4, -0.2) is 13.7 Å². The van der Waals surface area contributed by atoms with Gasteiger partial charge in [-0.1, -0.05) is 0 Å². The van der Waals surface area contributed by atoms with Crippen LogP contribution in [0, 0.1) is 12.8 Å². The minimum absolute atomic E-state index is 0.819. The lowest BCUT2D eigenvalue weighted by atomic mass is 10.2. The first kappa shape index (κ1) is 9.38. The zero-order valence-electron chi connectivity index (χ0n) is 8.84. The fraction of sp³-hybridized carbons (Fsp3) is 0.500. The maximum absolute atomic E-state index is 5.68. The van der Waals surface area contributed by atoms with Crippen molar-refractivity contribution < 1.29 is 4.74 Å². The van der Waals surface area contributed by atoms with Crippen LogP contribution in [0.4, 0.5) is 5.69 Å². The van der Waals surface area contributed by atoms with Crippen LogP contribution in [0.25, 0.3) is 0 Å². The number of ether oxygens (including phenoxy) is 1. The highest BCUT2D eigenvalue weighted by atomic mass is 16.5. The molecule has 76 valence electrons. The summed E-state index contributed by atoms with van der Waals surface area (Å²) in [6.07, 6.45) is 2.68. The molecule has 0 amide bonds. The molecule has 0 aromatic heterocycles. The molecule has 14 heavy (non-hydrogen) atoms. The Morgan fingerprint density at radius 3 is 2.79 bits per heavy atom. The van der Waals surface area contributed by atoms with Gasteiger partial charge in [-0.25, -0.2) is 0 Å². The van der Waals surface area contributed by atoms with E-state index in [9.17, 15) is 0 Å². The molecule has 0 bridgehead atoms. The Hall–Kier alpha value is -1.18. The van der Waals surface area contributed by atoms with Gasteiger partial charge in [-0.15, -0.1) is 0 Å². The van der Waals surface area contributed by atoms with Crippen molar-refractivity contribution in [2.24, 2.45) is 5.92 Å². The van der Waals surface area contributed by atoms with E-state index in [1.165, 1.54) is 24.1 Å². The smallest absolute Gasteiger partial charge is 0.119 e. The zero-order valence-corrected chi connectivity index (χ0v) is 8.84. The largest absolute Gasteiger partial charge is 0.493 e. The van der Waals surface area contributed by atoms with Crippen molar-refractivity contribution in [1.82, 2.24) is 0 Å². The number of hydrogen-bond acceptors (Lipinski definition) is 2. The fourth-order valence-electron chi connectivity index (χ4n) is 1.51. The Labute approximate surface area is 85.3 Å². The standard InChI is InChI=1S/C12H17NO/c1-9-7-11(5-6-12(9)13-2)14-8-10-3-4-10/h5-7,10,13H,3-4,8H2,1-2H3. The molecular weight excluding hydrogens is 174 g/mol. The molecule has 1 N–H and O–H groups in total. The minimum Gasteiger partial charge on any atom is -0.493 e. The van der Waals surface area contributed by atoms with E-state index in [0.717, 1.165) is 18.3 Å². The van der Waals surface area contributed by atoms with Crippen LogP contribution in [0.5, 0.6) is 5.75 Å². The van der Waals surface area contributed by atoms with Crippen LogP contribution < -0.4 is 10.1 Å². The maximum Gasteiger partial charge on any atom is 0.119 e. The van der Waals surface area contributed by atoms with Crippen molar-refractivity contribution in [3.63, 3.8) is 0 Å². The van der Waals surface area contributed by atoms with Gasteiger partial charge in [-0.2, -0.15) is 0 Å². The average Bonchev–Trinajstić information content (AvgIpc) is 2.98. The van der Waals surface area contributed by atoms with E-state index in [1.807, 2.05) is 13.1 Å². The van der Waals surface area contributed by atoms with E-state index in [2.05, 4.69) is 24.4 Å². The van der Waals surface area contributed by atoms with Crippen molar-refractivity contribution in [2.75, 3.05) is 19.0 Å². The first-order chi connectivity index (χ1) is 6.79. The Morgan fingerprint density at radius 2 is 2.21 bits per heavy atom. The lowest BCUT2D eigenvalue weighted by Crippen LogP contribution is -1.99. The number of rotatable bonds is 4. The molecule has 2 heteroatoms. The summed E-state index contributed by atoms with van der Waals surface area (Å²) in [5.74, 6) is 1.81. The first-order valence-electron chi connectivity index (χ1n) is 5.21. The van der Waals surface area contributed by atoms with Gasteiger partial charge in [0.1, 0.15) is 5.75 Å². The fourth-order valence-corrected chi connectivity index (χ4v) is 1.51. The van der Waals surface area contributed by atoms with Crippen LogP contribution in [0.2, 0.25) is 0 Å². The van der Waals surface area contributed by atoms with E-state index >= 15 is 0 Å². The number of anilines is 1. The molecule has 2 rings (SSSR count). The highest BCUT2D eigenvalue weighted by Gasteiger charge is 2.21. The van der Waals surface area contributed by atoms with Gasteiger partial charge in [0, 0.05) is 12.7 Å². The number of nitrogens with one attached hydrogen (secondary N) is 1. The summed E-state index contributed by atoms with van der Waals surface area (Å²) in [6, 6.07) is 6.19. The van der Waals surface area contributed by atoms with Gasteiger partial charge >= 0.3 is 0 Å². The van der Waals surface area contributed by atoms with Crippen molar-refractivity contribution in [1.29, 1.82) is 0 Å². The van der Waals surface area contributed by atoms with Crippen LogP contribution in [0.15, 0.2) is 18.2 Å². The van der Waals surface area contributed by atoms with Gasteiger partial charge in [0.05, 0.1) is 6.61 Å².